The topological polar surface area (TPSA) is 41.6 Å². The normalized spacial score (nSPS) is 31.6. The van der Waals surface area contributed by atoms with E-state index in [0.29, 0.717) is 24.0 Å². The molecule has 0 radical (unpaired) electrons. The summed E-state index contributed by atoms with van der Waals surface area (Å²) in [6.07, 6.45) is 0.974. The molecule has 3 atom stereocenters. The van der Waals surface area contributed by atoms with Gasteiger partial charge in [-0.3, -0.25) is 0 Å². The van der Waals surface area contributed by atoms with E-state index in [0.717, 1.165) is 13.0 Å². The van der Waals surface area contributed by atoms with Crippen LogP contribution in [0.4, 0.5) is 4.79 Å². The van der Waals surface area contributed by atoms with Crippen molar-refractivity contribution in [3.63, 3.8) is 0 Å². The Bertz CT molecular complexity index is 309. The number of carbonyl (C=O) groups is 1. The van der Waals surface area contributed by atoms with Crippen LogP contribution in [0.3, 0.4) is 0 Å². The van der Waals surface area contributed by atoms with E-state index < -0.39 is 5.60 Å². The van der Waals surface area contributed by atoms with Gasteiger partial charge in [0.1, 0.15) is 5.60 Å². The van der Waals surface area contributed by atoms with Gasteiger partial charge in [-0.25, -0.2) is 4.79 Å². The largest absolute Gasteiger partial charge is 0.444 e. The fraction of sp³-hybridized carbons (Fsp3) is 0.923. The third-order valence-corrected chi connectivity index (χ3v) is 3.45. The minimum Gasteiger partial charge on any atom is -0.444 e. The summed E-state index contributed by atoms with van der Waals surface area (Å²) in [7, 11) is 0. The second-order valence-corrected chi connectivity index (χ2v) is 6.54. The van der Waals surface area contributed by atoms with Gasteiger partial charge in [-0.15, -0.1) is 0 Å². The molecule has 2 saturated heterocycles. The molecule has 3 unspecified atom stereocenters. The molecular formula is C13H24N2O2. The summed E-state index contributed by atoms with van der Waals surface area (Å²) in [4.78, 5) is 13.9. The molecule has 1 amide bonds. The van der Waals surface area contributed by atoms with Crippen molar-refractivity contribution in [2.24, 2.45) is 5.92 Å². The van der Waals surface area contributed by atoms with E-state index in [1.54, 1.807) is 0 Å². The molecule has 2 aliphatic heterocycles. The highest BCUT2D eigenvalue weighted by Gasteiger charge is 2.54. The lowest BCUT2D eigenvalue weighted by atomic mass is 9.79. The van der Waals surface area contributed by atoms with Gasteiger partial charge < -0.3 is 15.0 Å². The van der Waals surface area contributed by atoms with E-state index in [-0.39, 0.29) is 6.09 Å². The molecule has 17 heavy (non-hydrogen) atoms. The summed E-state index contributed by atoms with van der Waals surface area (Å²) >= 11 is 0. The van der Waals surface area contributed by atoms with Crippen molar-refractivity contribution in [3.05, 3.63) is 0 Å². The molecule has 4 nitrogen and oxygen atoms in total. The highest BCUT2D eigenvalue weighted by atomic mass is 16.6. The molecule has 2 heterocycles. The number of hydrogen-bond donors (Lipinski definition) is 1. The van der Waals surface area contributed by atoms with E-state index in [4.69, 9.17) is 4.74 Å². The number of hydrogen-bond acceptors (Lipinski definition) is 3. The maximum Gasteiger partial charge on any atom is 0.410 e. The van der Waals surface area contributed by atoms with Crippen LogP contribution in [-0.4, -0.2) is 41.3 Å². The first-order chi connectivity index (χ1) is 7.78. The number of nitrogens with zero attached hydrogens (tertiary/aromatic N) is 1. The van der Waals surface area contributed by atoms with Crippen LogP contribution in [-0.2, 0) is 4.74 Å². The average Bonchev–Trinajstić information content (AvgIpc) is 2.68. The smallest absolute Gasteiger partial charge is 0.410 e. The Morgan fingerprint density at radius 3 is 2.59 bits per heavy atom. The van der Waals surface area contributed by atoms with Crippen LogP contribution < -0.4 is 5.32 Å². The molecule has 1 N–H and O–H groups in total. The summed E-state index contributed by atoms with van der Waals surface area (Å²) in [5.41, 5.74) is -0.398. The number of carbonyl (C=O) groups excluding carboxylic acids is 1. The molecule has 0 aromatic carbocycles. The SMILES string of the molecule is CC(C)NC1C2CC1N(C(=O)OC(C)(C)C)C2. The molecule has 3 rings (SSSR count). The van der Waals surface area contributed by atoms with Crippen LogP contribution >= 0.6 is 0 Å². The van der Waals surface area contributed by atoms with Crippen LogP contribution in [0, 0.1) is 5.92 Å². The molecule has 3 aliphatic rings. The molecule has 98 valence electrons. The number of fused-ring (bicyclic) bond motifs is 1. The lowest BCUT2D eigenvalue weighted by molar-refractivity contribution is 0.0220. The first-order valence-corrected chi connectivity index (χ1v) is 6.53. The Balaban J connectivity index is 1.91. The van der Waals surface area contributed by atoms with Crippen LogP contribution in [0.1, 0.15) is 41.0 Å². The highest BCUT2D eigenvalue weighted by molar-refractivity contribution is 5.70. The summed E-state index contributed by atoms with van der Waals surface area (Å²) in [6.45, 7) is 10.9. The highest BCUT2D eigenvalue weighted by Crippen LogP contribution is 2.41. The van der Waals surface area contributed by atoms with Gasteiger partial charge in [0.05, 0.1) is 6.04 Å². The van der Waals surface area contributed by atoms with E-state index in [1.807, 2.05) is 25.7 Å². The zero-order valence-corrected chi connectivity index (χ0v) is 11.5. The van der Waals surface area contributed by atoms with Crippen molar-refractivity contribution in [3.8, 4) is 0 Å². The predicted octanol–water partition coefficient (Wildman–Crippen LogP) is 1.99. The fourth-order valence-electron chi connectivity index (χ4n) is 2.78. The Morgan fingerprint density at radius 2 is 2.06 bits per heavy atom. The van der Waals surface area contributed by atoms with E-state index in [1.165, 1.54) is 0 Å². The standard InChI is InChI=1S/C13H24N2O2/c1-8(2)14-11-9-6-10(11)15(7-9)12(16)17-13(3,4)5/h8-11,14H,6-7H2,1-5H3. The van der Waals surface area contributed by atoms with Crippen molar-refractivity contribution in [2.75, 3.05) is 6.54 Å². The Kier molecular flexibility index (Phi) is 3.10. The quantitative estimate of drug-likeness (QED) is 0.802. The monoisotopic (exact) mass is 240 g/mol. The molecule has 1 saturated carbocycles. The number of nitrogens with one attached hydrogen (secondary N) is 1. The van der Waals surface area contributed by atoms with E-state index in [2.05, 4.69) is 19.2 Å². The third-order valence-electron chi connectivity index (χ3n) is 3.45. The minimum atomic E-state index is -0.398. The van der Waals surface area contributed by atoms with Gasteiger partial charge in [0, 0.05) is 18.6 Å². The van der Waals surface area contributed by atoms with Crippen LogP contribution in [0.2, 0.25) is 0 Å². The Hall–Kier alpha value is -0.770. The number of ether oxygens (including phenoxy) is 1. The van der Waals surface area contributed by atoms with Crippen LogP contribution in [0.25, 0.3) is 0 Å². The molecule has 4 heteroatoms. The maximum atomic E-state index is 12.0. The first kappa shape index (κ1) is 12.7. The van der Waals surface area contributed by atoms with Gasteiger partial charge in [0.15, 0.2) is 0 Å². The average molecular weight is 240 g/mol. The zero-order chi connectivity index (χ0) is 12.8. The Labute approximate surface area is 104 Å². The third kappa shape index (κ3) is 2.57. The van der Waals surface area contributed by atoms with Gasteiger partial charge in [0.25, 0.3) is 0 Å². The summed E-state index contributed by atoms with van der Waals surface area (Å²) in [5.74, 6) is 0.620. The van der Waals surface area contributed by atoms with E-state index in [9.17, 15) is 4.79 Å². The lowest BCUT2D eigenvalue weighted by Crippen LogP contribution is -2.55. The molecule has 3 fully saturated rings. The summed E-state index contributed by atoms with van der Waals surface area (Å²) < 4.78 is 5.43. The number of rotatable bonds is 2. The molecule has 2 bridgehead atoms. The molecule has 0 aromatic rings. The van der Waals surface area contributed by atoms with Gasteiger partial charge in [0.2, 0.25) is 0 Å². The second-order valence-electron chi connectivity index (χ2n) is 6.54. The Morgan fingerprint density at radius 1 is 1.41 bits per heavy atom. The van der Waals surface area contributed by atoms with Crippen molar-refractivity contribution in [1.82, 2.24) is 10.2 Å². The molecular weight excluding hydrogens is 216 g/mol. The molecule has 0 aromatic heterocycles. The summed E-state index contributed by atoms with van der Waals surface area (Å²) in [6, 6.07) is 1.30. The van der Waals surface area contributed by atoms with Crippen molar-refractivity contribution in [2.45, 2.75) is 64.8 Å². The zero-order valence-electron chi connectivity index (χ0n) is 11.5. The first-order valence-electron chi connectivity index (χ1n) is 6.53. The van der Waals surface area contributed by atoms with Crippen LogP contribution in [0.15, 0.2) is 0 Å². The maximum absolute atomic E-state index is 12.0. The van der Waals surface area contributed by atoms with Gasteiger partial charge in [-0.1, -0.05) is 13.8 Å². The number of amides is 1. The summed E-state index contributed by atoms with van der Waals surface area (Å²) in [5, 5.41) is 3.54. The second kappa shape index (κ2) is 4.16. The van der Waals surface area contributed by atoms with Crippen molar-refractivity contribution < 1.29 is 9.53 Å². The molecule has 0 spiro atoms. The van der Waals surface area contributed by atoms with Gasteiger partial charge >= 0.3 is 6.09 Å². The van der Waals surface area contributed by atoms with Gasteiger partial charge in [-0.05, 0) is 33.1 Å². The van der Waals surface area contributed by atoms with E-state index >= 15 is 0 Å². The minimum absolute atomic E-state index is 0.155. The van der Waals surface area contributed by atoms with Crippen molar-refractivity contribution in [1.29, 1.82) is 0 Å². The van der Waals surface area contributed by atoms with Crippen molar-refractivity contribution >= 4 is 6.09 Å². The fourth-order valence-corrected chi connectivity index (χ4v) is 2.78. The van der Waals surface area contributed by atoms with Gasteiger partial charge in [-0.2, -0.15) is 0 Å². The lowest BCUT2D eigenvalue weighted by Gasteiger charge is -2.38. The predicted molar refractivity (Wildman–Crippen MR) is 66.9 cm³/mol. The molecule has 1 aliphatic carbocycles. The van der Waals surface area contributed by atoms with Crippen LogP contribution in [0.5, 0.6) is 0 Å².